The number of amides is 1. The summed E-state index contributed by atoms with van der Waals surface area (Å²) in [5.41, 5.74) is 0.887. The van der Waals surface area contributed by atoms with Crippen molar-refractivity contribution < 1.29 is 9.18 Å². The summed E-state index contributed by atoms with van der Waals surface area (Å²) in [6, 6.07) is 4.31. The molecular weight excluding hydrogens is 341 g/mol. The zero-order valence-corrected chi connectivity index (χ0v) is 13.1. The molecule has 0 fully saturated rings. The van der Waals surface area contributed by atoms with Gasteiger partial charge in [0.25, 0.3) is 5.56 Å². The Morgan fingerprint density at radius 3 is 2.81 bits per heavy atom. The maximum absolute atomic E-state index is 13.6. The lowest BCUT2D eigenvalue weighted by atomic mass is 10.2. The van der Waals surface area contributed by atoms with Gasteiger partial charge in [0.2, 0.25) is 5.91 Å². The SMILES string of the molecule is Cc1ncn(CC(=O)Nc2ccc(Br)cc2F)c(=O)c1C. The fourth-order valence-electron chi connectivity index (χ4n) is 1.72. The van der Waals surface area contributed by atoms with E-state index in [4.69, 9.17) is 0 Å². The summed E-state index contributed by atoms with van der Waals surface area (Å²) >= 11 is 3.13. The monoisotopic (exact) mass is 353 g/mol. The second kappa shape index (κ2) is 6.17. The largest absolute Gasteiger partial charge is 0.322 e. The van der Waals surface area contributed by atoms with Gasteiger partial charge in [-0.25, -0.2) is 9.37 Å². The number of benzene rings is 1. The van der Waals surface area contributed by atoms with Gasteiger partial charge in [-0.05, 0) is 32.0 Å². The molecule has 110 valence electrons. The number of nitrogens with one attached hydrogen (secondary N) is 1. The minimum absolute atomic E-state index is 0.0630. The van der Waals surface area contributed by atoms with Crippen LogP contribution in [0.5, 0.6) is 0 Å². The zero-order valence-electron chi connectivity index (χ0n) is 11.5. The molecule has 0 saturated carbocycles. The van der Waals surface area contributed by atoms with Crippen molar-refractivity contribution in [1.29, 1.82) is 0 Å². The normalized spacial score (nSPS) is 10.5. The zero-order chi connectivity index (χ0) is 15.6. The highest BCUT2D eigenvalue weighted by molar-refractivity contribution is 9.10. The van der Waals surface area contributed by atoms with Crippen LogP contribution in [0.4, 0.5) is 10.1 Å². The maximum Gasteiger partial charge on any atom is 0.256 e. The van der Waals surface area contributed by atoms with Crippen LogP contribution in [0.25, 0.3) is 0 Å². The van der Waals surface area contributed by atoms with Crippen molar-refractivity contribution in [1.82, 2.24) is 9.55 Å². The smallest absolute Gasteiger partial charge is 0.256 e. The lowest BCUT2D eigenvalue weighted by Crippen LogP contribution is -2.29. The number of hydrogen-bond acceptors (Lipinski definition) is 3. The molecule has 1 aromatic carbocycles. The third-order valence-corrected chi connectivity index (χ3v) is 3.53. The third kappa shape index (κ3) is 3.55. The Hall–Kier alpha value is -2.02. The van der Waals surface area contributed by atoms with Gasteiger partial charge in [-0.3, -0.25) is 14.2 Å². The predicted octanol–water partition coefficient (Wildman–Crippen LogP) is 2.40. The van der Waals surface area contributed by atoms with E-state index in [0.29, 0.717) is 15.7 Å². The summed E-state index contributed by atoms with van der Waals surface area (Å²) in [6.45, 7) is 3.15. The van der Waals surface area contributed by atoms with Crippen LogP contribution >= 0.6 is 15.9 Å². The Labute approximate surface area is 129 Å². The van der Waals surface area contributed by atoms with Crippen molar-refractivity contribution in [2.24, 2.45) is 0 Å². The summed E-state index contributed by atoms with van der Waals surface area (Å²) in [6.07, 6.45) is 1.31. The first kappa shape index (κ1) is 15.4. The first-order valence-electron chi connectivity index (χ1n) is 6.16. The summed E-state index contributed by atoms with van der Waals surface area (Å²) in [5, 5.41) is 2.42. The van der Waals surface area contributed by atoms with Crippen LogP contribution in [0, 0.1) is 19.7 Å². The maximum atomic E-state index is 13.6. The summed E-state index contributed by atoms with van der Waals surface area (Å²) in [5.74, 6) is -1.05. The van der Waals surface area contributed by atoms with E-state index < -0.39 is 11.7 Å². The first-order valence-corrected chi connectivity index (χ1v) is 6.95. The molecule has 2 aromatic rings. The van der Waals surface area contributed by atoms with Gasteiger partial charge < -0.3 is 5.32 Å². The Balaban J connectivity index is 2.16. The molecular formula is C14H13BrFN3O2. The molecule has 0 aliphatic carbocycles. The van der Waals surface area contributed by atoms with Gasteiger partial charge in [-0.2, -0.15) is 0 Å². The van der Waals surface area contributed by atoms with Crippen molar-refractivity contribution in [3.8, 4) is 0 Å². The molecule has 0 unspecified atom stereocenters. The Morgan fingerprint density at radius 1 is 1.43 bits per heavy atom. The minimum Gasteiger partial charge on any atom is -0.322 e. The molecule has 0 aliphatic rings. The van der Waals surface area contributed by atoms with Crippen LogP contribution in [0.1, 0.15) is 11.3 Å². The average molecular weight is 354 g/mol. The van der Waals surface area contributed by atoms with Crippen LogP contribution in [0.3, 0.4) is 0 Å². The predicted molar refractivity (Wildman–Crippen MR) is 80.7 cm³/mol. The van der Waals surface area contributed by atoms with Crippen molar-refractivity contribution in [2.75, 3.05) is 5.32 Å². The highest BCUT2D eigenvalue weighted by Gasteiger charge is 2.10. The topological polar surface area (TPSA) is 64.0 Å². The summed E-state index contributed by atoms with van der Waals surface area (Å²) < 4.78 is 15.4. The van der Waals surface area contributed by atoms with Crippen LogP contribution in [-0.2, 0) is 11.3 Å². The van der Waals surface area contributed by atoms with Gasteiger partial charge in [-0.1, -0.05) is 15.9 Å². The van der Waals surface area contributed by atoms with Crippen molar-refractivity contribution >= 4 is 27.5 Å². The number of rotatable bonds is 3. The van der Waals surface area contributed by atoms with E-state index in [1.54, 1.807) is 19.9 Å². The molecule has 0 bridgehead atoms. The van der Waals surface area contributed by atoms with Gasteiger partial charge >= 0.3 is 0 Å². The fraction of sp³-hybridized carbons (Fsp3) is 0.214. The Morgan fingerprint density at radius 2 is 2.14 bits per heavy atom. The fourth-order valence-corrected chi connectivity index (χ4v) is 2.06. The minimum atomic E-state index is -0.553. The van der Waals surface area contributed by atoms with E-state index in [0.717, 1.165) is 0 Å². The van der Waals surface area contributed by atoms with Crippen LogP contribution in [-0.4, -0.2) is 15.5 Å². The molecule has 1 amide bonds. The molecule has 1 heterocycles. The Bertz CT molecular complexity index is 758. The molecule has 1 aromatic heterocycles. The van der Waals surface area contributed by atoms with E-state index >= 15 is 0 Å². The highest BCUT2D eigenvalue weighted by atomic mass is 79.9. The van der Waals surface area contributed by atoms with E-state index in [-0.39, 0.29) is 17.8 Å². The molecule has 0 radical (unpaired) electrons. The number of aromatic nitrogens is 2. The lowest BCUT2D eigenvalue weighted by molar-refractivity contribution is -0.116. The van der Waals surface area contributed by atoms with Gasteiger partial charge in [0, 0.05) is 15.7 Å². The van der Waals surface area contributed by atoms with Crippen molar-refractivity contribution in [3.05, 3.63) is 56.4 Å². The number of halogens is 2. The molecule has 0 saturated heterocycles. The standard InChI is InChI=1S/C14H13BrFN3O2/c1-8-9(2)17-7-19(14(8)21)6-13(20)18-12-4-3-10(15)5-11(12)16/h3-5,7H,6H2,1-2H3,(H,18,20). The number of aryl methyl sites for hydroxylation is 1. The quantitative estimate of drug-likeness (QED) is 0.921. The molecule has 0 atom stereocenters. The first-order chi connectivity index (χ1) is 9.88. The van der Waals surface area contributed by atoms with Gasteiger partial charge in [0.05, 0.1) is 12.0 Å². The number of hydrogen-bond donors (Lipinski definition) is 1. The molecule has 2 rings (SSSR count). The second-order valence-electron chi connectivity index (χ2n) is 4.56. The summed E-state index contributed by atoms with van der Waals surface area (Å²) in [4.78, 5) is 27.9. The number of anilines is 1. The molecule has 5 nitrogen and oxygen atoms in total. The van der Waals surface area contributed by atoms with Gasteiger partial charge in [-0.15, -0.1) is 0 Å². The van der Waals surface area contributed by atoms with E-state index in [9.17, 15) is 14.0 Å². The molecule has 0 aliphatic heterocycles. The molecule has 1 N–H and O–H groups in total. The number of nitrogens with zero attached hydrogens (tertiary/aromatic N) is 2. The second-order valence-corrected chi connectivity index (χ2v) is 5.48. The van der Waals surface area contributed by atoms with Gasteiger partial charge in [0.1, 0.15) is 12.4 Å². The summed E-state index contributed by atoms with van der Waals surface area (Å²) in [7, 11) is 0. The van der Waals surface area contributed by atoms with E-state index in [1.807, 2.05) is 0 Å². The number of carbonyl (C=O) groups is 1. The molecule has 0 spiro atoms. The third-order valence-electron chi connectivity index (χ3n) is 3.03. The number of carbonyl (C=O) groups excluding carboxylic acids is 1. The van der Waals surface area contributed by atoms with E-state index in [1.165, 1.54) is 23.0 Å². The van der Waals surface area contributed by atoms with Crippen LogP contribution < -0.4 is 10.9 Å². The van der Waals surface area contributed by atoms with Crippen molar-refractivity contribution in [2.45, 2.75) is 20.4 Å². The average Bonchev–Trinajstić information content (AvgIpc) is 2.43. The van der Waals surface area contributed by atoms with E-state index in [2.05, 4.69) is 26.2 Å². The molecule has 7 heteroatoms. The van der Waals surface area contributed by atoms with Crippen LogP contribution in [0.15, 0.2) is 33.8 Å². The highest BCUT2D eigenvalue weighted by Crippen LogP contribution is 2.19. The Kier molecular flexibility index (Phi) is 4.52. The molecule has 21 heavy (non-hydrogen) atoms. The van der Waals surface area contributed by atoms with Gasteiger partial charge in [0.15, 0.2) is 0 Å². The van der Waals surface area contributed by atoms with Crippen molar-refractivity contribution in [3.63, 3.8) is 0 Å². The lowest BCUT2D eigenvalue weighted by Gasteiger charge is -2.09. The van der Waals surface area contributed by atoms with Crippen LogP contribution in [0.2, 0.25) is 0 Å².